The molecule has 1 saturated carbocycles. The minimum absolute atomic E-state index is 0. The van der Waals surface area contributed by atoms with Crippen LogP contribution in [0.4, 0.5) is 5.69 Å². The maximum absolute atomic E-state index is 3.47. The molecule has 2 aliphatic rings. The first-order valence-electron chi connectivity index (χ1n) is 8.63. The van der Waals surface area contributed by atoms with E-state index in [9.17, 15) is 0 Å². The molecule has 1 aliphatic carbocycles. The monoisotopic (exact) mass is 359 g/mol. The van der Waals surface area contributed by atoms with Crippen molar-refractivity contribution < 1.29 is 0 Å². The second kappa shape index (κ2) is 9.73. The fourth-order valence-electron chi connectivity index (χ4n) is 3.62. The van der Waals surface area contributed by atoms with Gasteiger partial charge in [-0.1, -0.05) is 12.1 Å². The van der Waals surface area contributed by atoms with Crippen LogP contribution in [0.15, 0.2) is 24.3 Å². The van der Waals surface area contributed by atoms with Gasteiger partial charge in [0.15, 0.2) is 0 Å². The molecule has 0 aromatic heterocycles. The molecule has 0 radical (unpaired) electrons. The van der Waals surface area contributed by atoms with Crippen LogP contribution < -0.4 is 10.2 Å². The van der Waals surface area contributed by atoms with Crippen LogP contribution in [0.5, 0.6) is 0 Å². The molecule has 0 amide bonds. The molecule has 1 aliphatic heterocycles. The first kappa shape index (κ1) is 20.6. The van der Waals surface area contributed by atoms with Crippen LogP contribution in [0.1, 0.15) is 38.3 Å². The van der Waals surface area contributed by atoms with Crippen LogP contribution in [-0.2, 0) is 0 Å². The van der Waals surface area contributed by atoms with Crippen LogP contribution in [0, 0.1) is 5.92 Å². The van der Waals surface area contributed by atoms with Crippen molar-refractivity contribution >= 4 is 30.5 Å². The van der Waals surface area contributed by atoms with E-state index in [2.05, 4.69) is 53.2 Å². The highest BCUT2D eigenvalue weighted by atomic mass is 35.5. The zero-order valence-electron chi connectivity index (χ0n) is 14.3. The third-order valence-corrected chi connectivity index (χ3v) is 4.98. The van der Waals surface area contributed by atoms with Crippen LogP contribution in [0.3, 0.4) is 0 Å². The van der Waals surface area contributed by atoms with Crippen molar-refractivity contribution in [2.24, 2.45) is 5.92 Å². The SMILES string of the molecule is CCN(CC)c1ccc([C@H](C2CC2)N2CCNCC2)cc1.Cl.Cl. The van der Waals surface area contributed by atoms with Crippen molar-refractivity contribution in [3.8, 4) is 0 Å². The summed E-state index contributed by atoms with van der Waals surface area (Å²) in [4.78, 5) is 5.11. The summed E-state index contributed by atoms with van der Waals surface area (Å²) < 4.78 is 0. The van der Waals surface area contributed by atoms with Gasteiger partial charge in [0.25, 0.3) is 0 Å². The normalized spacial score (nSPS) is 19.4. The molecule has 132 valence electrons. The molecule has 3 nitrogen and oxygen atoms in total. The predicted molar refractivity (Wildman–Crippen MR) is 104 cm³/mol. The predicted octanol–water partition coefficient (Wildman–Crippen LogP) is 3.73. The Morgan fingerprint density at radius 3 is 2.09 bits per heavy atom. The standard InChI is InChI=1S/C18H29N3.2ClH/c1-3-20(4-2)17-9-7-16(8-10-17)18(15-5-6-15)21-13-11-19-12-14-21;;/h7-10,15,18-19H,3-6,11-14H2,1-2H3;2*1H/t18-;;/m0../s1. The zero-order valence-corrected chi connectivity index (χ0v) is 16.0. The summed E-state index contributed by atoms with van der Waals surface area (Å²) in [6.45, 7) is 11.3. The maximum Gasteiger partial charge on any atom is 0.0377 e. The summed E-state index contributed by atoms with van der Waals surface area (Å²) in [5, 5.41) is 3.47. The fourth-order valence-corrected chi connectivity index (χ4v) is 3.62. The van der Waals surface area contributed by atoms with Crippen LogP contribution in [-0.4, -0.2) is 44.2 Å². The molecule has 0 unspecified atom stereocenters. The summed E-state index contributed by atoms with van der Waals surface area (Å²) in [7, 11) is 0. The molecule has 2 fully saturated rings. The van der Waals surface area contributed by atoms with Crippen LogP contribution >= 0.6 is 24.8 Å². The molecule has 23 heavy (non-hydrogen) atoms. The van der Waals surface area contributed by atoms with E-state index >= 15 is 0 Å². The molecule has 0 bridgehead atoms. The Hall–Kier alpha value is -0.480. The van der Waals surface area contributed by atoms with Crippen LogP contribution in [0.2, 0.25) is 0 Å². The van der Waals surface area contributed by atoms with Gasteiger partial charge in [-0.05, 0) is 50.3 Å². The van der Waals surface area contributed by atoms with E-state index in [1.54, 1.807) is 0 Å². The molecular formula is C18H31Cl2N3. The maximum atomic E-state index is 3.47. The number of anilines is 1. The van der Waals surface area contributed by atoms with Gasteiger partial charge in [-0.3, -0.25) is 4.90 Å². The topological polar surface area (TPSA) is 18.5 Å². The Labute approximate surface area is 153 Å². The Morgan fingerprint density at radius 2 is 1.61 bits per heavy atom. The average molecular weight is 360 g/mol. The third kappa shape index (κ3) is 4.99. The highest BCUT2D eigenvalue weighted by Gasteiger charge is 2.36. The van der Waals surface area contributed by atoms with E-state index in [0.29, 0.717) is 6.04 Å². The molecule has 1 N–H and O–H groups in total. The lowest BCUT2D eigenvalue weighted by Gasteiger charge is -2.35. The smallest absolute Gasteiger partial charge is 0.0377 e. The molecule has 1 aromatic rings. The minimum Gasteiger partial charge on any atom is -0.372 e. The Balaban J connectivity index is 0.00000132. The number of rotatable bonds is 6. The van der Waals surface area contributed by atoms with Crippen molar-refractivity contribution in [2.75, 3.05) is 44.2 Å². The zero-order chi connectivity index (χ0) is 14.7. The molecule has 5 heteroatoms. The van der Waals surface area contributed by atoms with Crippen molar-refractivity contribution in [3.63, 3.8) is 0 Å². The van der Waals surface area contributed by atoms with E-state index in [1.165, 1.54) is 37.2 Å². The van der Waals surface area contributed by atoms with Gasteiger partial charge in [0.2, 0.25) is 0 Å². The molecule has 1 aromatic carbocycles. The van der Waals surface area contributed by atoms with Crippen molar-refractivity contribution in [1.29, 1.82) is 0 Å². The van der Waals surface area contributed by atoms with Gasteiger partial charge >= 0.3 is 0 Å². The number of nitrogens with one attached hydrogen (secondary N) is 1. The van der Waals surface area contributed by atoms with E-state index in [1.807, 2.05) is 0 Å². The quantitative estimate of drug-likeness (QED) is 0.834. The summed E-state index contributed by atoms with van der Waals surface area (Å²) in [5.41, 5.74) is 2.88. The highest BCUT2D eigenvalue weighted by molar-refractivity contribution is 5.85. The van der Waals surface area contributed by atoms with E-state index in [4.69, 9.17) is 0 Å². The van der Waals surface area contributed by atoms with Gasteiger partial charge in [0, 0.05) is 51.0 Å². The number of hydrogen-bond acceptors (Lipinski definition) is 3. The van der Waals surface area contributed by atoms with E-state index in [0.717, 1.165) is 32.1 Å². The number of benzene rings is 1. The fraction of sp³-hybridized carbons (Fsp3) is 0.667. The number of nitrogens with zero attached hydrogens (tertiary/aromatic N) is 2. The largest absolute Gasteiger partial charge is 0.372 e. The molecular weight excluding hydrogens is 329 g/mol. The summed E-state index contributed by atoms with van der Waals surface area (Å²) in [6.07, 6.45) is 2.82. The Kier molecular flexibility index (Phi) is 8.70. The van der Waals surface area contributed by atoms with Gasteiger partial charge in [-0.25, -0.2) is 0 Å². The van der Waals surface area contributed by atoms with Crippen LogP contribution in [0.25, 0.3) is 0 Å². The second-order valence-electron chi connectivity index (χ2n) is 6.33. The van der Waals surface area contributed by atoms with Gasteiger partial charge in [0.05, 0.1) is 0 Å². The number of halogens is 2. The van der Waals surface area contributed by atoms with Gasteiger partial charge in [-0.2, -0.15) is 0 Å². The third-order valence-electron chi connectivity index (χ3n) is 4.98. The van der Waals surface area contributed by atoms with Crippen molar-refractivity contribution in [3.05, 3.63) is 29.8 Å². The van der Waals surface area contributed by atoms with Gasteiger partial charge < -0.3 is 10.2 Å². The summed E-state index contributed by atoms with van der Waals surface area (Å²) >= 11 is 0. The average Bonchev–Trinajstić information content (AvgIpc) is 3.36. The summed E-state index contributed by atoms with van der Waals surface area (Å²) in [6, 6.07) is 10.0. The Morgan fingerprint density at radius 1 is 1.04 bits per heavy atom. The van der Waals surface area contributed by atoms with E-state index < -0.39 is 0 Å². The lowest BCUT2D eigenvalue weighted by molar-refractivity contribution is 0.156. The number of hydrogen-bond donors (Lipinski definition) is 1. The van der Waals surface area contributed by atoms with Gasteiger partial charge in [0.1, 0.15) is 0 Å². The first-order chi connectivity index (χ1) is 10.3. The Bertz CT molecular complexity index is 438. The molecule has 1 saturated heterocycles. The van der Waals surface area contributed by atoms with E-state index in [-0.39, 0.29) is 24.8 Å². The highest BCUT2D eigenvalue weighted by Crippen LogP contribution is 2.44. The second-order valence-corrected chi connectivity index (χ2v) is 6.33. The van der Waals surface area contributed by atoms with Crippen molar-refractivity contribution in [2.45, 2.75) is 32.7 Å². The molecule has 1 heterocycles. The molecule has 3 rings (SSSR count). The first-order valence-corrected chi connectivity index (χ1v) is 8.63. The van der Waals surface area contributed by atoms with Crippen molar-refractivity contribution in [1.82, 2.24) is 10.2 Å². The minimum atomic E-state index is 0. The lowest BCUT2D eigenvalue weighted by atomic mass is 9.99. The number of piperazine rings is 1. The molecule has 1 atom stereocenters. The molecule has 0 spiro atoms. The van der Waals surface area contributed by atoms with Gasteiger partial charge in [-0.15, -0.1) is 24.8 Å². The summed E-state index contributed by atoms with van der Waals surface area (Å²) in [5.74, 6) is 0.891. The lowest BCUT2D eigenvalue weighted by Crippen LogP contribution is -2.45.